The third-order valence-corrected chi connectivity index (χ3v) is 4.94. The Kier molecular flexibility index (Phi) is 3.83. The second-order valence-electron chi connectivity index (χ2n) is 4.11. The molecule has 2 aromatic rings. The highest BCUT2D eigenvalue weighted by molar-refractivity contribution is 14.1. The van der Waals surface area contributed by atoms with E-state index in [-0.39, 0.29) is 4.90 Å². The number of nitrogen functional groups attached to an aromatic ring is 1. The molecule has 0 bridgehead atoms. The number of rotatable bonds is 3. The summed E-state index contributed by atoms with van der Waals surface area (Å²) in [7, 11) is -0.508. The molecule has 6 nitrogen and oxygen atoms in total. The number of aromatic nitrogens is 2. The second kappa shape index (κ2) is 5.10. The van der Waals surface area contributed by atoms with E-state index < -0.39 is 10.0 Å². The summed E-state index contributed by atoms with van der Waals surface area (Å²) >= 11 is 2.14. The minimum atomic E-state index is -3.47. The zero-order valence-electron chi connectivity index (χ0n) is 10.4. The van der Waals surface area contributed by atoms with Gasteiger partial charge in [0.2, 0.25) is 10.0 Å². The molecule has 0 atom stereocenters. The van der Waals surface area contributed by atoms with Crippen LogP contribution >= 0.6 is 22.6 Å². The van der Waals surface area contributed by atoms with Crippen molar-refractivity contribution >= 4 is 38.3 Å². The van der Waals surface area contributed by atoms with E-state index in [1.807, 2.05) is 6.20 Å². The van der Waals surface area contributed by atoms with Crippen molar-refractivity contribution < 1.29 is 8.42 Å². The van der Waals surface area contributed by atoms with Gasteiger partial charge in [0, 0.05) is 20.3 Å². The van der Waals surface area contributed by atoms with Gasteiger partial charge >= 0.3 is 0 Å². The van der Waals surface area contributed by atoms with Crippen LogP contribution < -0.4 is 5.73 Å². The van der Waals surface area contributed by atoms with E-state index in [4.69, 9.17) is 5.73 Å². The van der Waals surface area contributed by atoms with Crippen LogP contribution in [0, 0.1) is 3.57 Å². The van der Waals surface area contributed by atoms with E-state index in [0.29, 0.717) is 11.4 Å². The summed E-state index contributed by atoms with van der Waals surface area (Å²) in [5.41, 5.74) is 6.93. The molecule has 0 saturated carbocycles. The molecule has 19 heavy (non-hydrogen) atoms. The Balaban J connectivity index is 2.49. The first-order valence-corrected chi connectivity index (χ1v) is 7.87. The number of hydrogen-bond acceptors (Lipinski definition) is 4. The Hall–Kier alpha value is -1.13. The van der Waals surface area contributed by atoms with Gasteiger partial charge in [-0.15, -0.1) is 0 Å². The van der Waals surface area contributed by atoms with Gasteiger partial charge in [0.05, 0.1) is 26.0 Å². The van der Waals surface area contributed by atoms with Gasteiger partial charge in [0.1, 0.15) is 0 Å². The first-order chi connectivity index (χ1) is 8.82. The third kappa shape index (κ3) is 2.74. The summed E-state index contributed by atoms with van der Waals surface area (Å²) in [6, 6.07) is 4.61. The van der Waals surface area contributed by atoms with E-state index in [9.17, 15) is 8.42 Å². The monoisotopic (exact) mass is 392 g/mol. The lowest BCUT2D eigenvalue weighted by atomic mass is 10.3. The molecule has 0 fully saturated rings. The Labute approximate surface area is 125 Å². The van der Waals surface area contributed by atoms with Crippen molar-refractivity contribution in [3.63, 3.8) is 0 Å². The van der Waals surface area contributed by atoms with E-state index in [0.717, 1.165) is 7.88 Å². The van der Waals surface area contributed by atoms with Crippen molar-refractivity contribution in [1.82, 2.24) is 14.1 Å². The number of nitrogens with zero attached hydrogens (tertiary/aromatic N) is 3. The maximum absolute atomic E-state index is 12.0. The molecule has 0 aliphatic heterocycles. The van der Waals surface area contributed by atoms with Gasteiger partial charge in [-0.25, -0.2) is 17.4 Å². The summed E-state index contributed by atoms with van der Waals surface area (Å²) in [6.45, 7) is 0. The maximum atomic E-state index is 12.0. The van der Waals surface area contributed by atoms with Crippen molar-refractivity contribution in [1.29, 1.82) is 0 Å². The first-order valence-electron chi connectivity index (χ1n) is 5.35. The Bertz CT molecular complexity index is 709. The third-order valence-electron chi connectivity index (χ3n) is 2.58. The fourth-order valence-electron chi connectivity index (χ4n) is 1.55. The predicted octanol–water partition coefficient (Wildman–Crippen LogP) is 1.31. The van der Waals surface area contributed by atoms with E-state index in [1.54, 1.807) is 16.9 Å². The highest BCUT2D eigenvalue weighted by atomic mass is 127. The standard InChI is InChI=1S/C11H13IN4O2S/c1-15(2)19(17,18)9-3-4-11(10(13)5-9)16-7-8(12)6-14-16/h3-7H,13H2,1-2H3. The Morgan fingerprint density at radius 1 is 1.37 bits per heavy atom. The smallest absolute Gasteiger partial charge is 0.242 e. The molecular weight excluding hydrogens is 379 g/mol. The average molecular weight is 392 g/mol. The van der Waals surface area contributed by atoms with Crippen LogP contribution in [0.4, 0.5) is 5.69 Å². The number of benzene rings is 1. The molecule has 1 aromatic heterocycles. The fourth-order valence-corrected chi connectivity index (χ4v) is 2.87. The molecule has 2 N–H and O–H groups in total. The largest absolute Gasteiger partial charge is 0.397 e. The normalized spacial score (nSPS) is 12.0. The molecular formula is C11H13IN4O2S. The van der Waals surface area contributed by atoms with E-state index in [2.05, 4.69) is 27.7 Å². The molecule has 8 heteroatoms. The zero-order chi connectivity index (χ0) is 14.2. The van der Waals surface area contributed by atoms with E-state index >= 15 is 0 Å². The van der Waals surface area contributed by atoms with Crippen molar-refractivity contribution in [3.05, 3.63) is 34.2 Å². The fraction of sp³-hybridized carbons (Fsp3) is 0.182. The Morgan fingerprint density at radius 3 is 2.53 bits per heavy atom. The van der Waals surface area contributed by atoms with Gasteiger partial charge in [-0.2, -0.15) is 5.10 Å². The second-order valence-corrected chi connectivity index (χ2v) is 7.51. The molecule has 2 rings (SSSR count). The molecule has 0 spiro atoms. The molecule has 1 aromatic carbocycles. The average Bonchev–Trinajstić information content (AvgIpc) is 2.75. The van der Waals surface area contributed by atoms with Crippen LogP contribution in [0.5, 0.6) is 0 Å². The van der Waals surface area contributed by atoms with Gasteiger partial charge < -0.3 is 5.73 Å². The van der Waals surface area contributed by atoms with Crippen LogP contribution in [0.1, 0.15) is 0 Å². The molecule has 0 unspecified atom stereocenters. The lowest BCUT2D eigenvalue weighted by Crippen LogP contribution is -2.22. The SMILES string of the molecule is CN(C)S(=O)(=O)c1ccc(-n2cc(I)cn2)c(N)c1. The van der Waals surface area contributed by atoms with Gasteiger partial charge in [-0.05, 0) is 40.8 Å². The minimum absolute atomic E-state index is 0.167. The number of nitrogens with two attached hydrogens (primary N) is 1. The molecule has 0 amide bonds. The molecule has 102 valence electrons. The number of halogens is 1. The highest BCUT2D eigenvalue weighted by Gasteiger charge is 2.18. The number of anilines is 1. The zero-order valence-corrected chi connectivity index (χ0v) is 13.4. The van der Waals surface area contributed by atoms with Gasteiger partial charge in [0.15, 0.2) is 0 Å². The van der Waals surface area contributed by atoms with Gasteiger partial charge in [-0.3, -0.25) is 0 Å². The molecule has 1 heterocycles. The van der Waals surface area contributed by atoms with Crippen molar-refractivity contribution in [2.45, 2.75) is 4.90 Å². The lowest BCUT2D eigenvalue weighted by Gasteiger charge is -2.13. The summed E-state index contributed by atoms with van der Waals surface area (Å²) in [6.07, 6.45) is 3.51. The molecule has 0 aliphatic rings. The van der Waals surface area contributed by atoms with Gasteiger partial charge in [-0.1, -0.05) is 0 Å². The quantitative estimate of drug-likeness (QED) is 0.631. The topological polar surface area (TPSA) is 81.2 Å². The van der Waals surface area contributed by atoms with Crippen molar-refractivity contribution in [2.75, 3.05) is 19.8 Å². The molecule has 0 saturated heterocycles. The number of sulfonamides is 1. The summed E-state index contributed by atoms with van der Waals surface area (Å²) in [5, 5.41) is 4.14. The lowest BCUT2D eigenvalue weighted by molar-refractivity contribution is 0.521. The first kappa shape index (κ1) is 14.3. The van der Waals surface area contributed by atoms with Crippen LogP contribution in [-0.4, -0.2) is 36.6 Å². The predicted molar refractivity (Wildman–Crippen MR) is 81.6 cm³/mol. The maximum Gasteiger partial charge on any atom is 0.242 e. The number of hydrogen-bond donors (Lipinski definition) is 1. The summed E-state index contributed by atoms with van der Waals surface area (Å²) in [4.78, 5) is 0.167. The van der Waals surface area contributed by atoms with E-state index in [1.165, 1.54) is 26.2 Å². The highest BCUT2D eigenvalue weighted by Crippen LogP contribution is 2.23. The summed E-state index contributed by atoms with van der Waals surface area (Å²) < 4.78 is 27.7. The molecule has 0 aliphatic carbocycles. The van der Waals surface area contributed by atoms with Crippen LogP contribution in [0.15, 0.2) is 35.5 Å². The molecule has 0 radical (unpaired) electrons. The van der Waals surface area contributed by atoms with Gasteiger partial charge in [0.25, 0.3) is 0 Å². The van der Waals surface area contributed by atoms with Crippen molar-refractivity contribution in [3.8, 4) is 5.69 Å². The van der Waals surface area contributed by atoms with Crippen LogP contribution in [0.25, 0.3) is 5.69 Å². The Morgan fingerprint density at radius 2 is 2.05 bits per heavy atom. The summed E-state index contributed by atoms with van der Waals surface area (Å²) in [5.74, 6) is 0. The van der Waals surface area contributed by atoms with Crippen LogP contribution in [0.3, 0.4) is 0 Å². The van der Waals surface area contributed by atoms with Crippen LogP contribution in [-0.2, 0) is 10.0 Å². The minimum Gasteiger partial charge on any atom is -0.397 e. The van der Waals surface area contributed by atoms with Crippen LogP contribution in [0.2, 0.25) is 0 Å². The van der Waals surface area contributed by atoms with Crippen molar-refractivity contribution in [2.24, 2.45) is 0 Å².